The van der Waals surface area contributed by atoms with Gasteiger partial charge in [0.1, 0.15) is 23.0 Å². The number of phenolic OH excluding ortho intramolecular Hbond substituents is 4. The highest BCUT2D eigenvalue weighted by molar-refractivity contribution is 8.77. The van der Waals surface area contributed by atoms with E-state index in [2.05, 4.69) is 0 Å². The van der Waals surface area contributed by atoms with Crippen molar-refractivity contribution in [1.82, 2.24) is 0 Å². The molecule has 0 saturated heterocycles. The Kier molecular flexibility index (Phi) is 25.1. The topological polar surface area (TPSA) is 208 Å². The fourth-order valence-electron chi connectivity index (χ4n) is 6.40. The van der Waals surface area contributed by atoms with Crippen LogP contribution in [0, 0.1) is 0 Å². The summed E-state index contributed by atoms with van der Waals surface area (Å²) in [6.45, 7) is 3.72. The first-order valence-corrected chi connectivity index (χ1v) is 24.8. The second-order valence-corrected chi connectivity index (χ2v) is 19.2. The summed E-state index contributed by atoms with van der Waals surface area (Å²) in [6, 6.07) is 9.11. The van der Waals surface area contributed by atoms with Crippen LogP contribution in [0.3, 0.4) is 0 Å². The fourth-order valence-corrected chi connectivity index (χ4v) is 10.8. The number of aryl methyl sites for hydroxylation is 2. The summed E-state index contributed by atoms with van der Waals surface area (Å²) >= 11 is 0. The van der Waals surface area contributed by atoms with Crippen LogP contribution < -0.4 is 0 Å². The summed E-state index contributed by atoms with van der Waals surface area (Å²) < 4.78 is 77.0. The van der Waals surface area contributed by atoms with Crippen molar-refractivity contribution in [3.05, 3.63) is 96.1 Å². The Morgan fingerprint density at radius 1 is 0.534 bits per heavy atom. The monoisotopic (exact) mass is 886 g/mol. The average Bonchev–Trinajstić information content (AvgIpc) is 3.11. The zero-order valence-electron chi connectivity index (χ0n) is 33.5. The van der Waals surface area contributed by atoms with Crippen LogP contribution in [0.15, 0.2) is 85.0 Å². The molecule has 2 aromatic rings. The van der Waals surface area contributed by atoms with Crippen LogP contribution in [0.2, 0.25) is 0 Å². The highest BCUT2D eigenvalue weighted by Gasteiger charge is 2.26. The van der Waals surface area contributed by atoms with E-state index in [0.29, 0.717) is 38.5 Å². The molecule has 0 unspecified atom stereocenters. The van der Waals surface area contributed by atoms with Crippen molar-refractivity contribution in [2.75, 3.05) is 0 Å². The lowest BCUT2D eigenvalue weighted by Crippen LogP contribution is -2.23. The second-order valence-electron chi connectivity index (χ2n) is 14.2. The van der Waals surface area contributed by atoms with E-state index < -0.39 is 33.0 Å². The fraction of sp³-hybridized carbons (Fsp3) is 0.524. The number of hydrogen-bond acceptors (Lipinski definition) is 12. The molecule has 2 aromatic carbocycles. The van der Waals surface area contributed by atoms with E-state index in [1.807, 2.05) is 38.2 Å². The average molecular weight is 887 g/mol. The number of rotatable bonds is 31. The lowest BCUT2D eigenvalue weighted by atomic mass is 10.0. The summed E-state index contributed by atoms with van der Waals surface area (Å²) in [6.07, 6.45) is 23.6. The van der Waals surface area contributed by atoms with Gasteiger partial charge in [0.2, 0.25) is 0 Å². The van der Waals surface area contributed by atoms with Crippen LogP contribution in [0.1, 0.15) is 115 Å². The molecule has 16 heteroatoms. The third-order valence-electron chi connectivity index (χ3n) is 8.98. The van der Waals surface area contributed by atoms with E-state index in [1.54, 1.807) is 70.2 Å². The standard InChI is InChI=1S/C42H62O12S4/c1-3-5-7-15-21-39(53-57(47,48)49)31-41(23-17-11-9-13-19-33-25-35(43)29-36(44)26-33)55-56-42(32-40(54-58(50,51)52)22-16-8-6-4-2)24-18-12-10-14-20-34-27-37(45)30-38(46)28-34/h3-8,15-16,25-30,39-46H,9-14,17-24,31-32H2,1-2H3,(H,47,48,49)(H,50,51,52)/t39-,40+,41-,42-/m1/s1. The minimum atomic E-state index is -4.73. The smallest absolute Gasteiger partial charge is 0.397 e. The first-order chi connectivity index (χ1) is 27.5. The number of hydrogen-bond donors (Lipinski definition) is 6. The van der Waals surface area contributed by atoms with Crippen LogP contribution >= 0.6 is 21.6 Å². The minimum Gasteiger partial charge on any atom is -0.508 e. The maximum absolute atomic E-state index is 11.9. The zero-order valence-corrected chi connectivity index (χ0v) is 36.7. The van der Waals surface area contributed by atoms with Gasteiger partial charge in [0, 0.05) is 22.6 Å². The number of phenols is 4. The van der Waals surface area contributed by atoms with Crippen LogP contribution in [-0.4, -0.2) is 69.1 Å². The Hall–Kier alpha value is -2.96. The normalized spacial score (nSPS) is 14.9. The second kappa shape index (κ2) is 28.5. The number of benzene rings is 2. The Morgan fingerprint density at radius 2 is 0.879 bits per heavy atom. The van der Waals surface area contributed by atoms with Crippen molar-refractivity contribution < 1.29 is 54.7 Å². The van der Waals surface area contributed by atoms with Gasteiger partial charge in [-0.15, -0.1) is 0 Å². The van der Waals surface area contributed by atoms with Crippen molar-refractivity contribution >= 4 is 42.4 Å². The van der Waals surface area contributed by atoms with Gasteiger partial charge in [-0.05, 0) is 113 Å². The highest BCUT2D eigenvalue weighted by atomic mass is 33.1. The summed E-state index contributed by atoms with van der Waals surface area (Å²) in [5.74, 6) is 0.0583. The van der Waals surface area contributed by atoms with Crippen molar-refractivity contribution in [3.63, 3.8) is 0 Å². The number of aromatic hydroxyl groups is 4. The van der Waals surface area contributed by atoms with Gasteiger partial charge < -0.3 is 20.4 Å². The van der Waals surface area contributed by atoms with Crippen molar-refractivity contribution in [2.45, 2.75) is 139 Å². The van der Waals surface area contributed by atoms with Crippen LogP contribution in [0.5, 0.6) is 23.0 Å². The van der Waals surface area contributed by atoms with Crippen LogP contribution in [0.4, 0.5) is 0 Å². The van der Waals surface area contributed by atoms with Gasteiger partial charge in [-0.3, -0.25) is 9.11 Å². The summed E-state index contributed by atoms with van der Waals surface area (Å²) in [4.78, 5) is 0. The molecule has 0 amide bonds. The Morgan fingerprint density at radius 3 is 1.21 bits per heavy atom. The minimum absolute atomic E-state index is 0.0146. The van der Waals surface area contributed by atoms with Gasteiger partial charge in [0.15, 0.2) is 0 Å². The molecule has 4 atom stereocenters. The lowest BCUT2D eigenvalue weighted by molar-refractivity contribution is 0.172. The van der Waals surface area contributed by atoms with Gasteiger partial charge in [0.05, 0.1) is 12.2 Å². The first kappa shape index (κ1) is 51.2. The predicted octanol–water partition coefficient (Wildman–Crippen LogP) is 10.5. The van der Waals surface area contributed by atoms with Gasteiger partial charge in [-0.2, -0.15) is 16.8 Å². The third-order valence-corrected chi connectivity index (χ3v) is 13.5. The van der Waals surface area contributed by atoms with Crippen molar-refractivity contribution in [1.29, 1.82) is 0 Å². The van der Waals surface area contributed by atoms with E-state index in [-0.39, 0.29) is 46.3 Å². The first-order valence-electron chi connectivity index (χ1n) is 19.8. The third kappa shape index (κ3) is 26.2. The van der Waals surface area contributed by atoms with E-state index in [0.717, 1.165) is 62.5 Å². The molecule has 0 radical (unpaired) electrons. The maximum Gasteiger partial charge on any atom is 0.397 e. The molecule has 12 nitrogen and oxygen atoms in total. The molecule has 0 heterocycles. The maximum atomic E-state index is 11.9. The molecule has 6 N–H and O–H groups in total. The molecule has 0 aliphatic rings. The van der Waals surface area contributed by atoms with Crippen LogP contribution in [0.25, 0.3) is 0 Å². The van der Waals surface area contributed by atoms with E-state index in [1.165, 1.54) is 12.1 Å². The summed E-state index contributed by atoms with van der Waals surface area (Å²) in [5.41, 5.74) is 1.69. The molecule has 0 aliphatic heterocycles. The molecule has 0 fully saturated rings. The molecular formula is C42H62O12S4. The largest absolute Gasteiger partial charge is 0.508 e. The molecule has 0 aromatic heterocycles. The molecule has 0 aliphatic carbocycles. The molecule has 58 heavy (non-hydrogen) atoms. The predicted molar refractivity (Wildman–Crippen MR) is 235 cm³/mol. The molecular weight excluding hydrogens is 825 g/mol. The molecule has 326 valence electrons. The van der Waals surface area contributed by atoms with Crippen LogP contribution in [-0.2, 0) is 42.0 Å². The highest BCUT2D eigenvalue weighted by Crippen LogP contribution is 2.41. The summed E-state index contributed by atoms with van der Waals surface area (Å²) in [5, 5.41) is 39.0. The number of unbranched alkanes of at least 4 members (excludes halogenated alkanes) is 6. The van der Waals surface area contributed by atoms with E-state index >= 15 is 0 Å². The summed E-state index contributed by atoms with van der Waals surface area (Å²) in [7, 11) is -6.32. The van der Waals surface area contributed by atoms with Gasteiger partial charge >= 0.3 is 20.8 Å². The molecule has 0 saturated carbocycles. The quantitative estimate of drug-likeness (QED) is 0.0180. The van der Waals surface area contributed by atoms with Gasteiger partial charge in [-0.25, -0.2) is 8.37 Å². The van der Waals surface area contributed by atoms with Gasteiger partial charge in [-0.1, -0.05) is 109 Å². The molecule has 0 spiro atoms. The molecule has 2 rings (SSSR count). The zero-order chi connectivity index (χ0) is 42.8. The lowest BCUT2D eigenvalue weighted by Gasteiger charge is -2.25. The SMILES string of the molecule is CC=CC=CC[C@H](C[C@@H](CCCCCCc1cc(O)cc(O)c1)SS[C@H](CCCCCCc1cc(O)cc(O)c1)C[C@H](CC=CC=CC)OS(=O)(=O)O)OS(=O)(=O)O. The Balaban J connectivity index is 2.20. The van der Waals surface area contributed by atoms with E-state index in [4.69, 9.17) is 8.37 Å². The van der Waals surface area contributed by atoms with Crippen molar-refractivity contribution in [3.8, 4) is 23.0 Å². The number of allylic oxidation sites excluding steroid dienone is 6. The van der Waals surface area contributed by atoms with Crippen molar-refractivity contribution in [2.24, 2.45) is 0 Å². The Bertz CT molecular complexity index is 1640. The van der Waals surface area contributed by atoms with E-state index in [9.17, 15) is 46.4 Å². The molecule has 0 bridgehead atoms. The van der Waals surface area contributed by atoms with Gasteiger partial charge in [0.25, 0.3) is 0 Å². The Labute approximate surface area is 353 Å².